The van der Waals surface area contributed by atoms with Crippen molar-refractivity contribution < 1.29 is 27.5 Å². The molecule has 5 nitrogen and oxygen atoms in total. The number of benzene rings is 1. The van der Waals surface area contributed by atoms with Crippen molar-refractivity contribution in [3.63, 3.8) is 0 Å². The highest BCUT2D eigenvalue weighted by Crippen LogP contribution is 2.38. The molecule has 0 radical (unpaired) electrons. The Bertz CT molecular complexity index is 644. The lowest BCUT2D eigenvalue weighted by molar-refractivity contribution is -0.137. The summed E-state index contributed by atoms with van der Waals surface area (Å²) < 4.78 is 43.3. The lowest BCUT2D eigenvalue weighted by atomic mass is 10.1. The number of carbonyl (C=O) groups excluding carboxylic acids is 2. The molecule has 0 spiro atoms. The number of halogens is 3. The highest BCUT2D eigenvalue weighted by Gasteiger charge is 2.38. The minimum absolute atomic E-state index is 0.283. The summed E-state index contributed by atoms with van der Waals surface area (Å²) in [6, 6.07) is 4.67. The number of alkyl halides is 3. The van der Waals surface area contributed by atoms with E-state index in [9.17, 15) is 22.8 Å². The zero-order valence-electron chi connectivity index (χ0n) is 13.2. The molecule has 2 atom stereocenters. The van der Waals surface area contributed by atoms with Gasteiger partial charge in [-0.1, -0.05) is 23.9 Å². The largest absolute Gasteiger partial charge is 0.425 e. The first-order valence-corrected chi connectivity index (χ1v) is 8.02. The first-order valence-electron chi connectivity index (χ1n) is 7.07. The second-order valence-electron chi connectivity index (χ2n) is 6.26. The standard InChI is InChI=1S/C15H17F3N2O3S/c1-14(2,3)20-13(22)23-12-10(21)19-11(24-12)8-5-4-6-9(7-8)15(16,17)18/h4-7,11-12H,1-3H3,(H,19,21)(H,20,22). The van der Waals surface area contributed by atoms with Crippen LogP contribution in [0, 0.1) is 0 Å². The molecule has 1 heterocycles. The summed E-state index contributed by atoms with van der Waals surface area (Å²) in [7, 11) is 0. The topological polar surface area (TPSA) is 67.4 Å². The monoisotopic (exact) mass is 362 g/mol. The Morgan fingerprint density at radius 2 is 1.96 bits per heavy atom. The van der Waals surface area contributed by atoms with Crippen molar-refractivity contribution in [3.05, 3.63) is 35.4 Å². The molecule has 1 aromatic rings. The van der Waals surface area contributed by atoms with Crippen LogP contribution in [0.1, 0.15) is 37.3 Å². The van der Waals surface area contributed by atoms with Gasteiger partial charge in [-0.15, -0.1) is 0 Å². The molecule has 2 unspecified atom stereocenters. The van der Waals surface area contributed by atoms with Gasteiger partial charge in [-0.05, 0) is 38.5 Å². The van der Waals surface area contributed by atoms with Gasteiger partial charge < -0.3 is 15.4 Å². The Morgan fingerprint density at radius 3 is 2.54 bits per heavy atom. The van der Waals surface area contributed by atoms with E-state index in [1.165, 1.54) is 12.1 Å². The SMILES string of the molecule is CC(C)(C)NC(=O)OC1SC(c2cccc(C(F)(F)F)c2)NC1=O. The van der Waals surface area contributed by atoms with E-state index in [1.807, 2.05) is 0 Å². The maximum atomic E-state index is 12.8. The summed E-state index contributed by atoms with van der Waals surface area (Å²) >= 11 is 0.934. The summed E-state index contributed by atoms with van der Waals surface area (Å²) in [6.07, 6.45) is -5.23. The molecule has 9 heteroatoms. The van der Waals surface area contributed by atoms with E-state index >= 15 is 0 Å². The van der Waals surface area contributed by atoms with Crippen molar-refractivity contribution in [2.24, 2.45) is 0 Å². The number of carbonyl (C=O) groups is 2. The van der Waals surface area contributed by atoms with Gasteiger partial charge in [0.2, 0.25) is 5.44 Å². The van der Waals surface area contributed by atoms with E-state index < -0.39 is 40.1 Å². The van der Waals surface area contributed by atoms with Crippen LogP contribution < -0.4 is 10.6 Å². The summed E-state index contributed by atoms with van der Waals surface area (Å²) in [5.74, 6) is -0.563. The fourth-order valence-electron chi connectivity index (χ4n) is 1.97. The fraction of sp³-hybridized carbons (Fsp3) is 0.467. The van der Waals surface area contributed by atoms with Gasteiger partial charge in [0, 0.05) is 5.54 Å². The number of nitrogens with one attached hydrogen (secondary N) is 2. The Kier molecular flexibility index (Phi) is 5.03. The van der Waals surface area contributed by atoms with E-state index in [0.29, 0.717) is 0 Å². The minimum Gasteiger partial charge on any atom is -0.425 e. The third-order valence-corrected chi connectivity index (χ3v) is 4.17. The molecule has 1 aromatic carbocycles. The Balaban J connectivity index is 2.06. The molecule has 0 aromatic heterocycles. The van der Waals surface area contributed by atoms with E-state index in [2.05, 4.69) is 10.6 Å². The van der Waals surface area contributed by atoms with Crippen LogP contribution in [-0.2, 0) is 15.7 Å². The molecule has 132 valence electrons. The minimum atomic E-state index is -4.47. The van der Waals surface area contributed by atoms with Gasteiger partial charge in [-0.3, -0.25) is 4.79 Å². The van der Waals surface area contributed by atoms with Gasteiger partial charge in [-0.25, -0.2) is 4.79 Å². The van der Waals surface area contributed by atoms with Gasteiger partial charge in [-0.2, -0.15) is 13.2 Å². The second kappa shape index (κ2) is 6.54. The van der Waals surface area contributed by atoms with Crippen LogP contribution in [-0.4, -0.2) is 23.0 Å². The van der Waals surface area contributed by atoms with Crippen LogP contribution in [0.3, 0.4) is 0 Å². The Labute approximate surface area is 141 Å². The van der Waals surface area contributed by atoms with Crippen LogP contribution in [0.25, 0.3) is 0 Å². The average molecular weight is 362 g/mol. The Morgan fingerprint density at radius 1 is 1.29 bits per heavy atom. The van der Waals surface area contributed by atoms with Gasteiger partial charge >= 0.3 is 12.3 Å². The number of alkyl carbamates (subject to hydrolysis) is 1. The van der Waals surface area contributed by atoms with Gasteiger partial charge in [0.05, 0.1) is 5.56 Å². The molecule has 24 heavy (non-hydrogen) atoms. The maximum absolute atomic E-state index is 12.8. The smallest absolute Gasteiger partial charge is 0.416 e. The van der Waals surface area contributed by atoms with Crippen LogP contribution in [0.15, 0.2) is 24.3 Å². The third kappa shape index (κ3) is 4.80. The van der Waals surface area contributed by atoms with Crippen molar-refractivity contribution >= 4 is 23.8 Å². The van der Waals surface area contributed by atoms with Crippen LogP contribution in [0.2, 0.25) is 0 Å². The molecular weight excluding hydrogens is 345 g/mol. The van der Waals surface area contributed by atoms with E-state index in [4.69, 9.17) is 4.74 Å². The Hall–Kier alpha value is -1.90. The molecule has 0 aliphatic carbocycles. The number of hydrogen-bond donors (Lipinski definition) is 2. The first-order chi connectivity index (χ1) is 11.0. The number of amides is 2. The molecule has 2 amide bonds. The zero-order chi connectivity index (χ0) is 18.1. The van der Waals surface area contributed by atoms with Gasteiger partial charge in [0.15, 0.2) is 0 Å². The molecule has 1 fully saturated rings. The summed E-state index contributed by atoms with van der Waals surface area (Å²) in [6.45, 7) is 5.25. The fourth-order valence-corrected chi connectivity index (χ4v) is 3.04. The zero-order valence-corrected chi connectivity index (χ0v) is 14.0. The number of hydrogen-bond acceptors (Lipinski definition) is 4. The van der Waals surface area contributed by atoms with Gasteiger partial charge in [0.1, 0.15) is 5.37 Å². The van der Waals surface area contributed by atoms with Gasteiger partial charge in [0.25, 0.3) is 5.91 Å². The third-order valence-electron chi connectivity index (χ3n) is 2.95. The molecule has 2 rings (SSSR count). The summed E-state index contributed by atoms with van der Waals surface area (Å²) in [5, 5.41) is 4.35. The molecule has 1 saturated heterocycles. The van der Waals surface area contributed by atoms with Crippen LogP contribution >= 0.6 is 11.8 Å². The predicted molar refractivity (Wildman–Crippen MR) is 83.1 cm³/mol. The highest BCUT2D eigenvalue weighted by molar-refractivity contribution is 8.01. The van der Waals surface area contributed by atoms with E-state index in [0.717, 1.165) is 23.9 Å². The number of thioether (sulfide) groups is 1. The van der Waals surface area contributed by atoms with Crippen molar-refractivity contribution in [2.75, 3.05) is 0 Å². The first kappa shape index (κ1) is 18.4. The summed E-state index contributed by atoms with van der Waals surface area (Å²) in [5.41, 5.74) is -2.17. The lowest BCUT2D eigenvalue weighted by Gasteiger charge is -2.21. The molecule has 1 aliphatic rings. The number of ether oxygens (including phenoxy) is 1. The molecule has 0 bridgehead atoms. The maximum Gasteiger partial charge on any atom is 0.416 e. The van der Waals surface area contributed by atoms with Crippen molar-refractivity contribution in [1.29, 1.82) is 0 Å². The van der Waals surface area contributed by atoms with E-state index in [-0.39, 0.29) is 5.56 Å². The average Bonchev–Trinajstić information content (AvgIpc) is 2.77. The second-order valence-corrected chi connectivity index (χ2v) is 7.43. The molecule has 2 N–H and O–H groups in total. The number of rotatable bonds is 2. The predicted octanol–water partition coefficient (Wildman–Crippen LogP) is 3.42. The van der Waals surface area contributed by atoms with Crippen molar-refractivity contribution in [2.45, 2.75) is 43.3 Å². The van der Waals surface area contributed by atoms with Crippen molar-refractivity contribution in [3.8, 4) is 0 Å². The lowest BCUT2D eigenvalue weighted by Crippen LogP contribution is -2.43. The quantitative estimate of drug-likeness (QED) is 0.846. The van der Waals surface area contributed by atoms with E-state index in [1.54, 1.807) is 20.8 Å². The highest BCUT2D eigenvalue weighted by atomic mass is 32.2. The van der Waals surface area contributed by atoms with Crippen LogP contribution in [0.5, 0.6) is 0 Å². The van der Waals surface area contributed by atoms with Crippen molar-refractivity contribution in [1.82, 2.24) is 10.6 Å². The molecule has 0 saturated carbocycles. The normalized spacial score (nSPS) is 21.3. The summed E-state index contributed by atoms with van der Waals surface area (Å²) in [4.78, 5) is 23.6. The molecular formula is C15H17F3N2O3S. The molecule has 1 aliphatic heterocycles. The van der Waals surface area contributed by atoms with Crippen LogP contribution in [0.4, 0.5) is 18.0 Å².